The van der Waals surface area contributed by atoms with E-state index in [4.69, 9.17) is 16.3 Å². The number of hydrogen-bond acceptors (Lipinski definition) is 4. The Morgan fingerprint density at radius 2 is 2.32 bits per heavy atom. The number of halogens is 1. The minimum atomic E-state index is -0.490. The molecule has 1 heterocycles. The van der Waals surface area contributed by atoms with Crippen LogP contribution in [0.5, 0.6) is 5.75 Å². The molecule has 7 heteroatoms. The van der Waals surface area contributed by atoms with Crippen molar-refractivity contribution in [2.45, 2.75) is 20.1 Å². The zero-order valence-corrected chi connectivity index (χ0v) is 11.0. The molecule has 0 aliphatic rings. The maximum Gasteiger partial charge on any atom is 0.273 e. The van der Waals surface area contributed by atoms with Crippen LogP contribution in [-0.2, 0) is 13.2 Å². The number of nitro benzene ring substituents is 1. The molecule has 0 unspecified atom stereocenters. The second-order valence-electron chi connectivity index (χ2n) is 3.79. The van der Waals surface area contributed by atoms with Gasteiger partial charge in [-0.1, -0.05) is 11.6 Å². The molecule has 1 aromatic heterocycles. The topological polar surface area (TPSA) is 70.2 Å². The number of rotatable bonds is 5. The van der Waals surface area contributed by atoms with E-state index in [0.717, 1.165) is 12.4 Å². The highest BCUT2D eigenvalue weighted by molar-refractivity contribution is 6.32. The summed E-state index contributed by atoms with van der Waals surface area (Å²) >= 11 is 5.94. The van der Waals surface area contributed by atoms with Gasteiger partial charge in [-0.2, -0.15) is 0 Å². The van der Waals surface area contributed by atoms with Gasteiger partial charge in [-0.3, -0.25) is 10.1 Å². The van der Waals surface area contributed by atoms with Crippen LogP contribution in [0.4, 0.5) is 5.69 Å². The first-order chi connectivity index (χ1) is 9.11. The van der Waals surface area contributed by atoms with E-state index in [2.05, 4.69) is 4.98 Å². The normalized spacial score (nSPS) is 10.4. The van der Waals surface area contributed by atoms with Crippen LogP contribution < -0.4 is 4.74 Å². The SMILES string of the molecule is CCn1ccnc1COc1cc([N+](=O)[O-])ccc1Cl. The molecular formula is C12H12ClN3O3. The van der Waals surface area contributed by atoms with Crippen molar-refractivity contribution in [3.8, 4) is 5.75 Å². The third-order valence-corrected chi connectivity index (χ3v) is 2.94. The smallest absolute Gasteiger partial charge is 0.273 e. The molecule has 100 valence electrons. The molecule has 0 fully saturated rings. The van der Waals surface area contributed by atoms with Crippen molar-refractivity contribution in [3.05, 3.63) is 51.6 Å². The fourth-order valence-corrected chi connectivity index (χ4v) is 1.80. The average molecular weight is 282 g/mol. The van der Waals surface area contributed by atoms with Gasteiger partial charge >= 0.3 is 0 Å². The molecule has 1 aromatic carbocycles. The summed E-state index contributed by atoms with van der Waals surface area (Å²) in [6.45, 7) is 2.98. The summed E-state index contributed by atoms with van der Waals surface area (Å²) in [7, 11) is 0. The number of nitro groups is 1. The van der Waals surface area contributed by atoms with Gasteiger partial charge in [0.1, 0.15) is 18.2 Å². The Morgan fingerprint density at radius 3 is 3.00 bits per heavy atom. The predicted molar refractivity (Wildman–Crippen MR) is 70.3 cm³/mol. The lowest BCUT2D eigenvalue weighted by Gasteiger charge is -2.08. The summed E-state index contributed by atoms with van der Waals surface area (Å²) in [6.07, 6.45) is 3.52. The third-order valence-electron chi connectivity index (χ3n) is 2.62. The summed E-state index contributed by atoms with van der Waals surface area (Å²) in [6, 6.07) is 4.09. The first-order valence-corrected chi connectivity index (χ1v) is 6.06. The van der Waals surface area contributed by atoms with Gasteiger partial charge in [0.05, 0.1) is 16.0 Å². The van der Waals surface area contributed by atoms with Crippen LogP contribution in [0.3, 0.4) is 0 Å². The van der Waals surface area contributed by atoms with Crippen LogP contribution in [0.1, 0.15) is 12.7 Å². The second-order valence-corrected chi connectivity index (χ2v) is 4.20. The van der Waals surface area contributed by atoms with Crippen LogP contribution in [0.2, 0.25) is 5.02 Å². The molecule has 0 amide bonds. The number of hydrogen-bond donors (Lipinski definition) is 0. The number of non-ortho nitro benzene ring substituents is 1. The number of aromatic nitrogens is 2. The molecule has 0 saturated carbocycles. The van der Waals surface area contributed by atoms with Gasteiger partial charge in [-0.15, -0.1) is 0 Å². The minimum absolute atomic E-state index is 0.0572. The first-order valence-electron chi connectivity index (χ1n) is 5.68. The van der Waals surface area contributed by atoms with Crippen LogP contribution in [0.15, 0.2) is 30.6 Å². The zero-order valence-electron chi connectivity index (χ0n) is 10.2. The number of aryl methyl sites for hydroxylation is 1. The summed E-state index contributed by atoms with van der Waals surface area (Å²) in [4.78, 5) is 14.3. The quantitative estimate of drug-likeness (QED) is 0.624. The Balaban J connectivity index is 2.15. The number of imidazole rings is 1. The van der Waals surface area contributed by atoms with Crippen molar-refractivity contribution in [1.82, 2.24) is 9.55 Å². The molecule has 0 spiro atoms. The van der Waals surface area contributed by atoms with Crippen LogP contribution in [-0.4, -0.2) is 14.5 Å². The van der Waals surface area contributed by atoms with Gasteiger partial charge in [0.2, 0.25) is 0 Å². The van der Waals surface area contributed by atoms with Gasteiger partial charge in [-0.25, -0.2) is 4.98 Å². The Bertz CT molecular complexity index is 598. The van der Waals surface area contributed by atoms with Gasteiger partial charge in [-0.05, 0) is 13.0 Å². The second kappa shape index (κ2) is 5.71. The van der Waals surface area contributed by atoms with Crippen molar-refractivity contribution in [1.29, 1.82) is 0 Å². The van der Waals surface area contributed by atoms with Crippen molar-refractivity contribution >= 4 is 17.3 Å². The van der Waals surface area contributed by atoms with E-state index in [1.165, 1.54) is 18.2 Å². The van der Waals surface area contributed by atoms with E-state index < -0.39 is 4.92 Å². The molecular weight excluding hydrogens is 270 g/mol. The maximum atomic E-state index is 10.7. The highest BCUT2D eigenvalue weighted by Crippen LogP contribution is 2.29. The van der Waals surface area contributed by atoms with E-state index in [0.29, 0.717) is 5.02 Å². The number of ether oxygens (including phenoxy) is 1. The molecule has 0 saturated heterocycles. The monoisotopic (exact) mass is 281 g/mol. The lowest BCUT2D eigenvalue weighted by atomic mass is 10.3. The summed E-state index contributed by atoms with van der Waals surface area (Å²) in [5.41, 5.74) is -0.0572. The van der Waals surface area contributed by atoms with Crippen molar-refractivity contribution < 1.29 is 9.66 Å². The molecule has 0 N–H and O–H groups in total. The number of benzene rings is 1. The fraction of sp³-hybridized carbons (Fsp3) is 0.250. The predicted octanol–water partition coefficient (Wildman–Crippen LogP) is 3.04. The standard InChI is InChI=1S/C12H12ClN3O3/c1-2-15-6-5-14-12(15)8-19-11-7-9(16(17)18)3-4-10(11)13/h3-7H,2,8H2,1H3. The third kappa shape index (κ3) is 3.03. The van der Waals surface area contributed by atoms with E-state index in [1.54, 1.807) is 6.20 Å². The Labute approximate surface area is 114 Å². The lowest BCUT2D eigenvalue weighted by molar-refractivity contribution is -0.384. The van der Waals surface area contributed by atoms with Crippen LogP contribution in [0, 0.1) is 10.1 Å². The van der Waals surface area contributed by atoms with E-state index >= 15 is 0 Å². The van der Waals surface area contributed by atoms with Crippen LogP contribution in [0.25, 0.3) is 0 Å². The van der Waals surface area contributed by atoms with Crippen LogP contribution >= 0.6 is 11.6 Å². The lowest BCUT2D eigenvalue weighted by Crippen LogP contribution is -2.05. The van der Waals surface area contributed by atoms with E-state index in [1.807, 2.05) is 17.7 Å². The molecule has 0 radical (unpaired) electrons. The Kier molecular flexibility index (Phi) is 4.01. The van der Waals surface area contributed by atoms with Crippen molar-refractivity contribution in [2.24, 2.45) is 0 Å². The Morgan fingerprint density at radius 1 is 1.53 bits per heavy atom. The number of nitrogens with zero attached hydrogens (tertiary/aromatic N) is 3. The van der Waals surface area contributed by atoms with Gasteiger partial charge in [0.25, 0.3) is 5.69 Å². The van der Waals surface area contributed by atoms with Gasteiger partial charge in [0.15, 0.2) is 0 Å². The highest BCUT2D eigenvalue weighted by atomic mass is 35.5. The molecule has 0 aliphatic carbocycles. The van der Waals surface area contributed by atoms with E-state index in [9.17, 15) is 10.1 Å². The van der Waals surface area contributed by atoms with Gasteiger partial charge in [0, 0.05) is 25.0 Å². The molecule has 2 rings (SSSR count). The fourth-order valence-electron chi connectivity index (χ4n) is 1.63. The first kappa shape index (κ1) is 13.4. The average Bonchev–Trinajstić information content (AvgIpc) is 2.85. The summed E-state index contributed by atoms with van der Waals surface area (Å²) in [5.74, 6) is 1.02. The maximum absolute atomic E-state index is 10.7. The molecule has 6 nitrogen and oxygen atoms in total. The molecule has 0 bridgehead atoms. The van der Waals surface area contributed by atoms with Gasteiger partial charge < -0.3 is 9.30 Å². The van der Waals surface area contributed by atoms with Crippen molar-refractivity contribution in [3.63, 3.8) is 0 Å². The van der Waals surface area contributed by atoms with Crippen molar-refractivity contribution in [2.75, 3.05) is 0 Å². The molecule has 0 atom stereocenters. The van der Waals surface area contributed by atoms with E-state index in [-0.39, 0.29) is 18.0 Å². The zero-order chi connectivity index (χ0) is 13.8. The Hall–Kier alpha value is -2.08. The minimum Gasteiger partial charge on any atom is -0.484 e. The summed E-state index contributed by atoms with van der Waals surface area (Å²) in [5, 5.41) is 11.0. The molecule has 2 aromatic rings. The summed E-state index contributed by atoms with van der Waals surface area (Å²) < 4.78 is 7.42. The largest absolute Gasteiger partial charge is 0.484 e. The molecule has 0 aliphatic heterocycles. The highest BCUT2D eigenvalue weighted by Gasteiger charge is 2.11. The molecule has 19 heavy (non-hydrogen) atoms.